The van der Waals surface area contributed by atoms with Crippen LogP contribution in [0.5, 0.6) is 0 Å². The number of hydrogen-bond acceptors (Lipinski definition) is 3. The molecule has 0 saturated carbocycles. The van der Waals surface area contributed by atoms with Crippen LogP contribution < -0.4 is 5.32 Å². The first-order valence-corrected chi connectivity index (χ1v) is 7.01. The largest absolute Gasteiger partial charge is 0.375 e. The van der Waals surface area contributed by atoms with Crippen LogP contribution in [-0.2, 0) is 4.79 Å². The number of alkyl halides is 2. The van der Waals surface area contributed by atoms with E-state index in [4.69, 9.17) is 0 Å². The number of benzene rings is 1. The normalized spacial score (nSPS) is 10.6. The first kappa shape index (κ1) is 15.8. The number of nitrogens with one attached hydrogen (secondary N) is 1. The summed E-state index contributed by atoms with van der Waals surface area (Å²) < 4.78 is 24.8. The molecule has 0 aliphatic rings. The second-order valence-corrected chi connectivity index (χ2v) is 4.83. The highest BCUT2D eigenvalue weighted by Gasteiger charge is 2.12. The number of carbonyl (C=O) groups is 1. The van der Waals surface area contributed by atoms with E-state index in [1.54, 1.807) is 29.2 Å². The summed E-state index contributed by atoms with van der Waals surface area (Å²) in [6.45, 7) is 5.21. The molecule has 1 amide bonds. The number of para-hydroxylation sites is 1. The molecular formula is C13H18F2N2OS. The van der Waals surface area contributed by atoms with Gasteiger partial charge in [-0.2, -0.15) is 8.78 Å². The highest BCUT2D eigenvalue weighted by Crippen LogP contribution is 2.31. The fourth-order valence-corrected chi connectivity index (χ4v) is 2.29. The van der Waals surface area contributed by atoms with Crippen molar-refractivity contribution in [3.8, 4) is 0 Å². The fraction of sp³-hybridized carbons (Fsp3) is 0.462. The van der Waals surface area contributed by atoms with Crippen LogP contribution in [0.4, 0.5) is 14.5 Å². The van der Waals surface area contributed by atoms with Gasteiger partial charge >= 0.3 is 0 Å². The van der Waals surface area contributed by atoms with Crippen LogP contribution in [0.3, 0.4) is 0 Å². The van der Waals surface area contributed by atoms with E-state index in [1.165, 1.54) is 0 Å². The fourth-order valence-electron chi connectivity index (χ4n) is 1.67. The Balaban J connectivity index is 2.64. The Hall–Kier alpha value is -1.30. The van der Waals surface area contributed by atoms with E-state index in [0.29, 0.717) is 35.4 Å². The molecule has 0 aromatic heterocycles. The molecule has 1 N–H and O–H groups in total. The standard InChI is InChI=1S/C13H18F2N2OS/c1-3-17(4-2)12(18)9-16-10-7-5-6-8-11(10)19-13(14)15/h5-8,13,16H,3-4,9H2,1-2H3. The number of halogens is 2. The molecule has 6 heteroatoms. The molecule has 0 aliphatic heterocycles. The van der Waals surface area contributed by atoms with Gasteiger partial charge in [-0.3, -0.25) is 4.79 Å². The van der Waals surface area contributed by atoms with E-state index in [2.05, 4.69) is 5.32 Å². The zero-order valence-corrected chi connectivity index (χ0v) is 11.8. The molecule has 0 spiro atoms. The van der Waals surface area contributed by atoms with Gasteiger partial charge in [0.25, 0.3) is 5.76 Å². The average molecular weight is 288 g/mol. The zero-order valence-electron chi connectivity index (χ0n) is 11.0. The van der Waals surface area contributed by atoms with Crippen molar-refractivity contribution in [3.63, 3.8) is 0 Å². The van der Waals surface area contributed by atoms with Crippen LogP contribution in [0, 0.1) is 0 Å². The van der Waals surface area contributed by atoms with Crippen LogP contribution in [0.15, 0.2) is 29.2 Å². The number of carbonyl (C=O) groups excluding carboxylic acids is 1. The lowest BCUT2D eigenvalue weighted by Gasteiger charge is -2.19. The Labute approximate surface area is 116 Å². The maximum Gasteiger partial charge on any atom is 0.288 e. The van der Waals surface area contributed by atoms with Crippen molar-refractivity contribution >= 4 is 23.4 Å². The Morgan fingerprint density at radius 3 is 2.53 bits per heavy atom. The van der Waals surface area contributed by atoms with E-state index >= 15 is 0 Å². The van der Waals surface area contributed by atoms with Crippen LogP contribution >= 0.6 is 11.8 Å². The lowest BCUT2D eigenvalue weighted by Crippen LogP contribution is -2.35. The molecule has 0 radical (unpaired) electrons. The first-order chi connectivity index (χ1) is 9.08. The Kier molecular flexibility index (Phi) is 6.62. The van der Waals surface area contributed by atoms with Gasteiger partial charge in [0.15, 0.2) is 0 Å². The molecule has 0 saturated heterocycles. The number of nitrogens with zero attached hydrogens (tertiary/aromatic N) is 1. The molecule has 1 aromatic carbocycles. The number of anilines is 1. The highest BCUT2D eigenvalue weighted by atomic mass is 32.2. The number of rotatable bonds is 7. The maximum atomic E-state index is 12.4. The number of thioether (sulfide) groups is 1. The topological polar surface area (TPSA) is 32.3 Å². The molecular weight excluding hydrogens is 270 g/mol. The smallest absolute Gasteiger partial charge is 0.288 e. The van der Waals surface area contributed by atoms with Crippen molar-refractivity contribution in [2.75, 3.05) is 25.0 Å². The molecule has 19 heavy (non-hydrogen) atoms. The van der Waals surface area contributed by atoms with Gasteiger partial charge in [0.1, 0.15) is 0 Å². The summed E-state index contributed by atoms with van der Waals surface area (Å²) in [5, 5.41) is 2.92. The molecule has 1 aromatic rings. The maximum absolute atomic E-state index is 12.4. The first-order valence-electron chi connectivity index (χ1n) is 6.14. The minimum atomic E-state index is -2.47. The van der Waals surface area contributed by atoms with Crippen molar-refractivity contribution in [2.24, 2.45) is 0 Å². The Morgan fingerprint density at radius 1 is 1.32 bits per heavy atom. The van der Waals surface area contributed by atoms with E-state index in [-0.39, 0.29) is 12.5 Å². The second-order valence-electron chi connectivity index (χ2n) is 3.79. The quantitative estimate of drug-likeness (QED) is 0.781. The average Bonchev–Trinajstić information content (AvgIpc) is 2.38. The summed E-state index contributed by atoms with van der Waals surface area (Å²) in [6.07, 6.45) is 0. The molecule has 0 bridgehead atoms. The Morgan fingerprint density at radius 2 is 1.95 bits per heavy atom. The van der Waals surface area contributed by atoms with E-state index in [0.717, 1.165) is 0 Å². The predicted molar refractivity (Wildman–Crippen MR) is 74.7 cm³/mol. The Bertz CT molecular complexity index is 411. The number of likely N-dealkylation sites (N-methyl/N-ethyl adjacent to an activating group) is 1. The third-order valence-corrected chi connectivity index (χ3v) is 3.44. The molecule has 106 valence electrons. The van der Waals surface area contributed by atoms with Gasteiger partial charge in [-0.1, -0.05) is 23.9 Å². The van der Waals surface area contributed by atoms with Crippen LogP contribution in [0.1, 0.15) is 13.8 Å². The minimum Gasteiger partial charge on any atom is -0.375 e. The SMILES string of the molecule is CCN(CC)C(=O)CNc1ccccc1SC(F)F. The summed E-state index contributed by atoms with van der Waals surface area (Å²) in [6, 6.07) is 6.75. The van der Waals surface area contributed by atoms with Gasteiger partial charge in [0.05, 0.1) is 6.54 Å². The molecule has 1 rings (SSSR count). The van der Waals surface area contributed by atoms with Crippen molar-refractivity contribution < 1.29 is 13.6 Å². The summed E-state index contributed by atoms with van der Waals surface area (Å²) in [7, 11) is 0. The summed E-state index contributed by atoms with van der Waals surface area (Å²) >= 11 is 0.476. The zero-order chi connectivity index (χ0) is 14.3. The van der Waals surface area contributed by atoms with Crippen LogP contribution in [-0.4, -0.2) is 36.2 Å². The van der Waals surface area contributed by atoms with Gasteiger partial charge in [-0.25, -0.2) is 0 Å². The molecule has 0 aliphatic carbocycles. The lowest BCUT2D eigenvalue weighted by atomic mass is 10.3. The summed E-state index contributed by atoms with van der Waals surface area (Å²) in [4.78, 5) is 14.0. The molecule has 0 fully saturated rings. The minimum absolute atomic E-state index is 0.0400. The van der Waals surface area contributed by atoms with E-state index in [9.17, 15) is 13.6 Å². The van der Waals surface area contributed by atoms with Crippen LogP contribution in [0.2, 0.25) is 0 Å². The van der Waals surface area contributed by atoms with Gasteiger partial charge < -0.3 is 10.2 Å². The molecule has 3 nitrogen and oxygen atoms in total. The monoisotopic (exact) mass is 288 g/mol. The van der Waals surface area contributed by atoms with Gasteiger partial charge in [-0.05, 0) is 26.0 Å². The van der Waals surface area contributed by atoms with Gasteiger partial charge in [0, 0.05) is 23.7 Å². The lowest BCUT2D eigenvalue weighted by molar-refractivity contribution is -0.128. The molecule has 0 heterocycles. The second kappa shape index (κ2) is 7.99. The highest BCUT2D eigenvalue weighted by molar-refractivity contribution is 7.99. The van der Waals surface area contributed by atoms with Crippen LogP contribution in [0.25, 0.3) is 0 Å². The van der Waals surface area contributed by atoms with Gasteiger partial charge in [-0.15, -0.1) is 0 Å². The summed E-state index contributed by atoms with van der Waals surface area (Å²) in [5.41, 5.74) is 0.563. The van der Waals surface area contributed by atoms with Crippen molar-refractivity contribution in [1.82, 2.24) is 4.90 Å². The number of hydrogen-bond donors (Lipinski definition) is 1. The molecule has 0 atom stereocenters. The van der Waals surface area contributed by atoms with E-state index in [1.807, 2.05) is 13.8 Å². The van der Waals surface area contributed by atoms with Crippen molar-refractivity contribution in [3.05, 3.63) is 24.3 Å². The van der Waals surface area contributed by atoms with Crippen molar-refractivity contribution in [1.29, 1.82) is 0 Å². The van der Waals surface area contributed by atoms with E-state index < -0.39 is 5.76 Å². The molecule has 0 unspecified atom stereocenters. The van der Waals surface area contributed by atoms with Gasteiger partial charge in [0.2, 0.25) is 5.91 Å². The third kappa shape index (κ3) is 5.06. The summed E-state index contributed by atoms with van der Waals surface area (Å²) in [5.74, 6) is -2.51. The predicted octanol–water partition coefficient (Wildman–Crippen LogP) is 3.28. The number of amides is 1. The van der Waals surface area contributed by atoms with Crippen molar-refractivity contribution in [2.45, 2.75) is 24.5 Å². The third-order valence-electron chi connectivity index (χ3n) is 2.65.